The van der Waals surface area contributed by atoms with Gasteiger partial charge in [0.1, 0.15) is 5.52 Å². The molecule has 18 heavy (non-hydrogen) atoms. The molecule has 4 rings (SSSR count). The van der Waals surface area contributed by atoms with Crippen molar-refractivity contribution in [2.45, 2.75) is 0 Å². The van der Waals surface area contributed by atoms with Crippen LogP contribution < -0.4 is 0 Å². The first-order valence-electron chi connectivity index (χ1n) is 5.52. The van der Waals surface area contributed by atoms with Gasteiger partial charge in [-0.1, -0.05) is 23.7 Å². The van der Waals surface area contributed by atoms with Crippen LogP contribution in [0.15, 0.2) is 42.6 Å². The van der Waals surface area contributed by atoms with E-state index in [0.29, 0.717) is 5.15 Å². The molecule has 1 aromatic carbocycles. The Kier molecular flexibility index (Phi) is 1.85. The van der Waals surface area contributed by atoms with Crippen molar-refractivity contribution in [2.75, 3.05) is 0 Å². The van der Waals surface area contributed by atoms with E-state index in [1.54, 1.807) is 10.7 Å². The van der Waals surface area contributed by atoms with Crippen LogP contribution in [-0.2, 0) is 0 Å². The summed E-state index contributed by atoms with van der Waals surface area (Å²) < 4.78 is 1.74. The van der Waals surface area contributed by atoms with Gasteiger partial charge in [-0.2, -0.15) is 5.10 Å². The molecule has 0 aliphatic rings. The largest absolute Gasteiger partial charge is 0.252 e. The van der Waals surface area contributed by atoms with Crippen LogP contribution in [0, 0.1) is 0 Å². The Hall–Kier alpha value is -2.20. The molecule has 0 radical (unpaired) electrons. The zero-order chi connectivity index (χ0) is 12.1. The summed E-state index contributed by atoms with van der Waals surface area (Å²) in [5, 5.41) is 5.63. The van der Waals surface area contributed by atoms with Crippen LogP contribution in [0.4, 0.5) is 0 Å². The minimum atomic E-state index is 0.439. The fourth-order valence-corrected chi connectivity index (χ4v) is 2.39. The topological polar surface area (TPSA) is 43.1 Å². The van der Waals surface area contributed by atoms with Gasteiger partial charge in [0.05, 0.1) is 11.0 Å². The Morgan fingerprint density at radius 1 is 1.06 bits per heavy atom. The molecule has 0 unspecified atom stereocenters. The zero-order valence-corrected chi connectivity index (χ0v) is 9.96. The molecule has 0 atom stereocenters. The first-order valence-corrected chi connectivity index (χ1v) is 5.90. The third kappa shape index (κ3) is 1.18. The number of imidazole rings is 1. The Balaban J connectivity index is 2.36. The van der Waals surface area contributed by atoms with Gasteiger partial charge in [-0.15, -0.1) is 0 Å². The highest BCUT2D eigenvalue weighted by Crippen LogP contribution is 2.25. The summed E-state index contributed by atoms with van der Waals surface area (Å²) in [7, 11) is 0. The lowest BCUT2D eigenvalue weighted by atomic mass is 10.3. The number of hydrogen-bond donors (Lipinski definition) is 0. The minimum Gasteiger partial charge on any atom is -0.252 e. The highest BCUT2D eigenvalue weighted by Gasteiger charge is 2.12. The van der Waals surface area contributed by atoms with Crippen molar-refractivity contribution in [3.63, 3.8) is 0 Å². The van der Waals surface area contributed by atoms with Gasteiger partial charge in [0, 0.05) is 11.6 Å². The highest BCUT2D eigenvalue weighted by atomic mass is 35.5. The number of hydrogen-bond acceptors (Lipinski definition) is 3. The maximum Gasteiger partial charge on any atom is 0.181 e. The van der Waals surface area contributed by atoms with E-state index < -0.39 is 0 Å². The molecule has 0 N–H and O–H groups in total. The maximum atomic E-state index is 6.19. The highest BCUT2D eigenvalue weighted by molar-refractivity contribution is 6.34. The fraction of sp³-hybridized carbons (Fsp3) is 0. The second kappa shape index (κ2) is 3.40. The number of rotatable bonds is 0. The molecule has 0 spiro atoms. The molecule has 0 saturated carbocycles. The van der Waals surface area contributed by atoms with Crippen LogP contribution in [0.1, 0.15) is 0 Å². The van der Waals surface area contributed by atoms with Crippen LogP contribution in [0.3, 0.4) is 0 Å². The molecule has 0 amide bonds. The molecule has 3 aromatic heterocycles. The third-order valence-electron chi connectivity index (χ3n) is 2.97. The van der Waals surface area contributed by atoms with Crippen molar-refractivity contribution >= 4 is 39.2 Å². The lowest BCUT2D eigenvalue weighted by molar-refractivity contribution is 0.976. The van der Waals surface area contributed by atoms with Crippen LogP contribution in [0.5, 0.6) is 0 Å². The molecule has 4 aromatic rings. The van der Waals surface area contributed by atoms with Gasteiger partial charge in [0.25, 0.3) is 0 Å². The van der Waals surface area contributed by atoms with E-state index in [1.165, 1.54) is 0 Å². The number of pyridine rings is 1. The molecular weight excluding hydrogens is 248 g/mol. The van der Waals surface area contributed by atoms with Crippen molar-refractivity contribution in [3.8, 4) is 0 Å². The molecule has 4 nitrogen and oxygen atoms in total. The third-order valence-corrected chi connectivity index (χ3v) is 3.25. The summed E-state index contributed by atoms with van der Waals surface area (Å²) >= 11 is 6.19. The molecule has 5 heteroatoms. The van der Waals surface area contributed by atoms with E-state index >= 15 is 0 Å². The van der Waals surface area contributed by atoms with Gasteiger partial charge >= 0.3 is 0 Å². The quantitative estimate of drug-likeness (QED) is 0.484. The minimum absolute atomic E-state index is 0.439. The first kappa shape index (κ1) is 9.79. The molecule has 3 heterocycles. The van der Waals surface area contributed by atoms with Crippen molar-refractivity contribution in [2.24, 2.45) is 0 Å². The van der Waals surface area contributed by atoms with E-state index in [4.69, 9.17) is 11.6 Å². The van der Waals surface area contributed by atoms with E-state index in [1.807, 2.05) is 36.4 Å². The number of fused-ring (bicyclic) bond motifs is 5. The van der Waals surface area contributed by atoms with Crippen LogP contribution in [-0.4, -0.2) is 19.6 Å². The Bertz CT molecular complexity index is 897. The molecule has 86 valence electrons. The maximum absolute atomic E-state index is 6.19. The van der Waals surface area contributed by atoms with Crippen LogP contribution in [0.2, 0.25) is 5.15 Å². The van der Waals surface area contributed by atoms with Gasteiger partial charge < -0.3 is 0 Å². The molecule has 0 aliphatic heterocycles. The summed E-state index contributed by atoms with van der Waals surface area (Å²) in [6.45, 7) is 0. The summed E-state index contributed by atoms with van der Waals surface area (Å²) in [4.78, 5) is 8.92. The summed E-state index contributed by atoms with van der Waals surface area (Å²) in [6, 6.07) is 11.6. The predicted molar refractivity (Wildman–Crippen MR) is 70.8 cm³/mol. The lowest BCUT2D eigenvalue weighted by Gasteiger charge is -2.01. The van der Waals surface area contributed by atoms with Crippen LogP contribution in [0.25, 0.3) is 27.6 Å². The normalized spacial score (nSPS) is 11.6. The number of halogens is 1. The van der Waals surface area contributed by atoms with E-state index in [9.17, 15) is 0 Å². The van der Waals surface area contributed by atoms with E-state index in [0.717, 1.165) is 27.6 Å². The first-order chi connectivity index (χ1) is 8.84. The van der Waals surface area contributed by atoms with Crippen molar-refractivity contribution in [1.82, 2.24) is 19.6 Å². The van der Waals surface area contributed by atoms with Gasteiger partial charge in [-0.3, -0.25) is 4.98 Å². The van der Waals surface area contributed by atoms with Crippen molar-refractivity contribution < 1.29 is 0 Å². The number of benzene rings is 1. The van der Waals surface area contributed by atoms with E-state index in [2.05, 4.69) is 15.1 Å². The smallest absolute Gasteiger partial charge is 0.181 e. The number of aromatic nitrogens is 4. The lowest BCUT2D eigenvalue weighted by Crippen LogP contribution is -1.95. The monoisotopic (exact) mass is 254 g/mol. The van der Waals surface area contributed by atoms with Gasteiger partial charge in [0.2, 0.25) is 0 Å². The molecular formula is C13H7ClN4. The molecule has 0 saturated heterocycles. The summed E-state index contributed by atoms with van der Waals surface area (Å²) in [6.07, 6.45) is 1.73. The molecule has 0 bridgehead atoms. The fourth-order valence-electron chi connectivity index (χ4n) is 2.16. The van der Waals surface area contributed by atoms with Crippen molar-refractivity contribution in [3.05, 3.63) is 47.7 Å². The Morgan fingerprint density at radius 2 is 1.94 bits per heavy atom. The molecule has 0 aliphatic carbocycles. The van der Waals surface area contributed by atoms with Gasteiger partial charge in [-0.25, -0.2) is 9.50 Å². The second-order valence-electron chi connectivity index (χ2n) is 4.03. The van der Waals surface area contributed by atoms with E-state index in [-0.39, 0.29) is 0 Å². The second-order valence-corrected chi connectivity index (χ2v) is 4.38. The van der Waals surface area contributed by atoms with Crippen LogP contribution >= 0.6 is 11.6 Å². The zero-order valence-electron chi connectivity index (χ0n) is 9.21. The summed E-state index contributed by atoms with van der Waals surface area (Å²) in [5.74, 6) is 0. The van der Waals surface area contributed by atoms with Gasteiger partial charge in [-0.05, 0) is 24.3 Å². The van der Waals surface area contributed by atoms with Crippen molar-refractivity contribution in [1.29, 1.82) is 0 Å². The summed E-state index contributed by atoms with van der Waals surface area (Å²) in [5.41, 5.74) is 3.33. The number of para-hydroxylation sites is 2. The molecule has 0 fully saturated rings. The average Bonchev–Trinajstić information content (AvgIpc) is 2.78. The Morgan fingerprint density at radius 3 is 2.89 bits per heavy atom. The Labute approximate surface area is 107 Å². The standard InChI is InChI=1S/C13H7ClN4/c14-12-8-4-3-7-15-11(8)13-16-9-5-1-2-6-10(9)18(13)17-12/h1-7H. The predicted octanol–water partition coefficient (Wildman–Crippen LogP) is 3.08. The number of nitrogens with zero attached hydrogens (tertiary/aromatic N) is 4. The average molecular weight is 255 g/mol. The SMILES string of the molecule is Clc1nn2c3ccccc3nc2c2ncccc12. The van der Waals surface area contributed by atoms with Gasteiger partial charge in [0.15, 0.2) is 10.8 Å².